The smallest absolute Gasteiger partial charge is 0.230 e. The van der Waals surface area contributed by atoms with Crippen molar-refractivity contribution < 1.29 is 9.90 Å². The van der Waals surface area contributed by atoms with E-state index in [1.54, 1.807) is 11.8 Å². The molecule has 90 valence electrons. The molecule has 0 saturated carbocycles. The van der Waals surface area contributed by atoms with Crippen LogP contribution in [0.25, 0.3) is 0 Å². The summed E-state index contributed by atoms with van der Waals surface area (Å²) in [4.78, 5) is 11.5. The first kappa shape index (κ1) is 14.8. The largest absolute Gasteiger partial charge is 0.394 e. The van der Waals surface area contributed by atoms with Gasteiger partial charge in [0.15, 0.2) is 0 Å². The van der Waals surface area contributed by atoms with Gasteiger partial charge in [0, 0.05) is 0 Å². The number of thioether (sulfide) groups is 1. The second-order valence-electron chi connectivity index (χ2n) is 4.44. The Balaban J connectivity index is 3.80. The first-order valence-corrected chi connectivity index (χ1v) is 6.52. The van der Waals surface area contributed by atoms with Crippen molar-refractivity contribution in [3.8, 4) is 0 Å². The number of hydrogen-bond donors (Lipinski definition) is 2. The second kappa shape index (κ2) is 7.99. The number of nitrogens with one attached hydrogen (secondary N) is 1. The Morgan fingerprint density at radius 3 is 2.33 bits per heavy atom. The number of aliphatic hydroxyl groups excluding tert-OH is 1. The lowest BCUT2D eigenvalue weighted by molar-refractivity contribution is -0.119. The van der Waals surface area contributed by atoms with Crippen LogP contribution in [0.3, 0.4) is 0 Å². The molecule has 4 heteroatoms. The van der Waals surface area contributed by atoms with Crippen molar-refractivity contribution in [2.24, 2.45) is 5.92 Å². The van der Waals surface area contributed by atoms with Gasteiger partial charge >= 0.3 is 0 Å². The van der Waals surface area contributed by atoms with Gasteiger partial charge in [-0.25, -0.2) is 0 Å². The Hall–Kier alpha value is -0.220. The molecule has 0 aromatic rings. The predicted molar refractivity (Wildman–Crippen MR) is 66.1 cm³/mol. The van der Waals surface area contributed by atoms with Crippen LogP contribution in [0.4, 0.5) is 0 Å². The maximum absolute atomic E-state index is 11.5. The molecule has 1 unspecified atom stereocenters. The number of hydrogen-bond acceptors (Lipinski definition) is 3. The number of rotatable bonds is 7. The molecule has 0 spiro atoms. The van der Waals surface area contributed by atoms with Gasteiger partial charge in [0.25, 0.3) is 0 Å². The van der Waals surface area contributed by atoms with Gasteiger partial charge < -0.3 is 10.4 Å². The summed E-state index contributed by atoms with van der Waals surface area (Å²) in [5.74, 6) is 0.986. The van der Waals surface area contributed by atoms with E-state index in [1.165, 1.54) is 0 Å². The zero-order valence-electron chi connectivity index (χ0n) is 10.1. The molecule has 0 saturated heterocycles. The molecule has 0 aliphatic carbocycles. The Labute approximate surface area is 97.0 Å². The molecule has 0 rings (SSSR count). The number of carbonyl (C=O) groups excluding carboxylic acids is 1. The van der Waals surface area contributed by atoms with Crippen LogP contribution in [0.15, 0.2) is 0 Å². The first-order valence-electron chi connectivity index (χ1n) is 5.47. The molecule has 0 aliphatic heterocycles. The van der Waals surface area contributed by atoms with E-state index in [-0.39, 0.29) is 18.6 Å². The molecule has 3 nitrogen and oxygen atoms in total. The molecule has 1 atom stereocenters. The number of carbonyl (C=O) groups is 1. The number of amides is 1. The average molecular weight is 233 g/mol. The van der Waals surface area contributed by atoms with Crippen LogP contribution >= 0.6 is 11.8 Å². The molecule has 15 heavy (non-hydrogen) atoms. The molecule has 0 bridgehead atoms. The average Bonchev–Trinajstić information content (AvgIpc) is 2.13. The van der Waals surface area contributed by atoms with E-state index in [1.807, 2.05) is 0 Å². The van der Waals surface area contributed by atoms with Crippen molar-refractivity contribution in [2.75, 3.05) is 12.4 Å². The van der Waals surface area contributed by atoms with E-state index < -0.39 is 0 Å². The molecule has 0 aromatic heterocycles. The summed E-state index contributed by atoms with van der Waals surface area (Å²) in [5, 5.41) is 12.4. The lowest BCUT2D eigenvalue weighted by atomic mass is 10.0. The molecule has 0 heterocycles. The fourth-order valence-electron chi connectivity index (χ4n) is 1.26. The van der Waals surface area contributed by atoms with Crippen LogP contribution in [-0.4, -0.2) is 34.7 Å². The minimum atomic E-state index is -0.0923. The molecular weight excluding hydrogens is 210 g/mol. The van der Waals surface area contributed by atoms with Crippen molar-refractivity contribution in [3.05, 3.63) is 0 Å². The summed E-state index contributed by atoms with van der Waals surface area (Å²) in [7, 11) is 0. The highest BCUT2D eigenvalue weighted by molar-refractivity contribution is 8.00. The zero-order valence-corrected chi connectivity index (χ0v) is 10.9. The van der Waals surface area contributed by atoms with Crippen LogP contribution in [0.1, 0.15) is 34.1 Å². The Morgan fingerprint density at radius 1 is 1.33 bits per heavy atom. The quantitative estimate of drug-likeness (QED) is 0.703. The van der Waals surface area contributed by atoms with Crippen molar-refractivity contribution in [3.63, 3.8) is 0 Å². The topological polar surface area (TPSA) is 49.3 Å². The highest BCUT2D eigenvalue weighted by Crippen LogP contribution is 2.09. The predicted octanol–water partition coefficient (Wildman–Crippen LogP) is 1.65. The van der Waals surface area contributed by atoms with E-state index in [4.69, 9.17) is 5.11 Å². The van der Waals surface area contributed by atoms with E-state index in [0.717, 1.165) is 6.42 Å². The lowest BCUT2D eigenvalue weighted by Gasteiger charge is -2.18. The van der Waals surface area contributed by atoms with Gasteiger partial charge in [-0.15, -0.1) is 11.8 Å². The van der Waals surface area contributed by atoms with E-state index in [9.17, 15) is 4.79 Å². The van der Waals surface area contributed by atoms with E-state index in [2.05, 4.69) is 33.0 Å². The fraction of sp³-hybridized carbons (Fsp3) is 0.909. The Morgan fingerprint density at radius 2 is 1.93 bits per heavy atom. The van der Waals surface area contributed by atoms with Gasteiger partial charge in [0.2, 0.25) is 5.91 Å². The second-order valence-corrected chi connectivity index (χ2v) is 6.00. The summed E-state index contributed by atoms with van der Waals surface area (Å²) < 4.78 is 0. The Kier molecular flexibility index (Phi) is 7.88. The molecule has 2 N–H and O–H groups in total. The fourth-order valence-corrected chi connectivity index (χ4v) is 1.83. The summed E-state index contributed by atoms with van der Waals surface area (Å²) in [6, 6.07) is -0.0923. The summed E-state index contributed by atoms with van der Waals surface area (Å²) in [6.45, 7) is 8.32. The van der Waals surface area contributed by atoms with Gasteiger partial charge in [-0.2, -0.15) is 0 Å². The van der Waals surface area contributed by atoms with Crippen molar-refractivity contribution in [1.82, 2.24) is 5.32 Å². The van der Waals surface area contributed by atoms with Gasteiger partial charge in [0.1, 0.15) is 0 Å². The van der Waals surface area contributed by atoms with E-state index in [0.29, 0.717) is 16.9 Å². The maximum atomic E-state index is 11.5. The van der Waals surface area contributed by atoms with Crippen LogP contribution in [0, 0.1) is 5.92 Å². The van der Waals surface area contributed by atoms with E-state index >= 15 is 0 Å². The normalized spacial score (nSPS) is 13.3. The third-order valence-corrected chi connectivity index (χ3v) is 2.98. The monoisotopic (exact) mass is 233 g/mol. The minimum absolute atomic E-state index is 0.0217. The molecule has 0 aromatic carbocycles. The maximum Gasteiger partial charge on any atom is 0.230 e. The molecule has 0 fully saturated rings. The van der Waals surface area contributed by atoms with Gasteiger partial charge in [-0.05, 0) is 17.6 Å². The van der Waals surface area contributed by atoms with Crippen LogP contribution in [0.2, 0.25) is 0 Å². The highest BCUT2D eigenvalue weighted by Gasteiger charge is 2.13. The molecule has 0 radical (unpaired) electrons. The number of aliphatic hydroxyl groups is 1. The first-order chi connectivity index (χ1) is 6.95. The highest BCUT2D eigenvalue weighted by atomic mass is 32.2. The van der Waals surface area contributed by atoms with Gasteiger partial charge in [0.05, 0.1) is 18.4 Å². The standard InChI is InChI=1S/C11H23NO2S/c1-8(2)5-10(6-13)12-11(14)7-15-9(3)4/h8-10,13H,5-7H2,1-4H3,(H,12,14). The summed E-state index contributed by atoms with van der Waals surface area (Å²) in [6.07, 6.45) is 0.828. The molecule has 0 aliphatic rings. The lowest BCUT2D eigenvalue weighted by Crippen LogP contribution is -2.39. The SMILES string of the molecule is CC(C)CC(CO)NC(=O)CSC(C)C. The zero-order chi connectivity index (χ0) is 11.8. The van der Waals surface area contributed by atoms with Crippen LogP contribution in [0.5, 0.6) is 0 Å². The van der Waals surface area contributed by atoms with Crippen molar-refractivity contribution in [1.29, 1.82) is 0 Å². The molecular formula is C11H23NO2S. The Bertz CT molecular complexity index is 183. The third kappa shape index (κ3) is 8.75. The van der Waals surface area contributed by atoms with Crippen molar-refractivity contribution >= 4 is 17.7 Å². The van der Waals surface area contributed by atoms with Gasteiger partial charge in [-0.3, -0.25) is 4.79 Å². The third-order valence-electron chi connectivity index (χ3n) is 1.89. The summed E-state index contributed by atoms with van der Waals surface area (Å²) in [5.41, 5.74) is 0. The molecule has 1 amide bonds. The van der Waals surface area contributed by atoms with Crippen LogP contribution < -0.4 is 5.32 Å². The van der Waals surface area contributed by atoms with Crippen molar-refractivity contribution in [2.45, 2.75) is 45.4 Å². The minimum Gasteiger partial charge on any atom is -0.394 e. The van der Waals surface area contributed by atoms with Crippen LogP contribution in [-0.2, 0) is 4.79 Å². The van der Waals surface area contributed by atoms with Gasteiger partial charge in [-0.1, -0.05) is 27.7 Å². The summed E-state index contributed by atoms with van der Waals surface area (Å²) >= 11 is 1.62.